The Morgan fingerprint density at radius 2 is 2.50 bits per heavy atom. The topological polar surface area (TPSA) is 44.3 Å². The van der Waals surface area contributed by atoms with Crippen molar-refractivity contribution < 1.29 is 5.11 Å². The molecule has 0 aromatic rings. The maximum atomic E-state index is 9.06. The molecule has 3 heteroatoms. The highest BCUT2D eigenvalue weighted by Gasteiger charge is 2.38. The number of fused-ring (bicyclic) bond motifs is 3. The molecule has 3 rings (SSSR count). The molecular formula is C7H14N2O. The molecule has 10 heavy (non-hydrogen) atoms. The number of hydrogen-bond acceptors (Lipinski definition) is 3. The highest BCUT2D eigenvalue weighted by atomic mass is 16.3. The first-order valence-corrected chi connectivity index (χ1v) is 3.94. The first kappa shape index (κ1) is 6.58. The minimum absolute atomic E-state index is 0.0226. The molecule has 0 aromatic carbocycles. The van der Waals surface area contributed by atoms with Crippen molar-refractivity contribution in [1.29, 1.82) is 0 Å². The van der Waals surface area contributed by atoms with E-state index in [1.54, 1.807) is 0 Å². The smallest absolute Gasteiger partial charge is 0.0625 e. The van der Waals surface area contributed by atoms with Crippen molar-refractivity contribution in [3.63, 3.8) is 0 Å². The van der Waals surface area contributed by atoms with Gasteiger partial charge in [0.25, 0.3) is 0 Å². The molecular weight excluding hydrogens is 128 g/mol. The Morgan fingerprint density at radius 3 is 2.80 bits per heavy atom. The molecule has 0 saturated carbocycles. The van der Waals surface area contributed by atoms with E-state index in [1.165, 1.54) is 6.42 Å². The van der Waals surface area contributed by atoms with Gasteiger partial charge in [-0.1, -0.05) is 0 Å². The Morgan fingerprint density at radius 1 is 1.60 bits per heavy atom. The van der Waals surface area contributed by atoms with E-state index in [0.29, 0.717) is 6.04 Å². The molecule has 3 fully saturated rings. The van der Waals surface area contributed by atoms with Gasteiger partial charge in [0.05, 0.1) is 12.1 Å². The number of aliphatic hydroxyl groups is 1. The van der Waals surface area contributed by atoms with Gasteiger partial charge in [-0.05, 0) is 12.8 Å². The number of rotatable bonds is 1. The number of piperidine rings is 2. The van der Waals surface area contributed by atoms with Crippen molar-refractivity contribution >= 4 is 0 Å². The Bertz CT molecular complexity index is 116. The van der Waals surface area contributed by atoms with Gasteiger partial charge in [-0.3, -0.25) is 0 Å². The summed E-state index contributed by atoms with van der Waals surface area (Å²) in [7, 11) is 0. The number of aliphatic hydroxyl groups excluding tert-OH is 1. The van der Waals surface area contributed by atoms with E-state index in [9.17, 15) is 0 Å². The van der Waals surface area contributed by atoms with Crippen LogP contribution in [0.2, 0.25) is 0 Å². The van der Waals surface area contributed by atoms with Crippen LogP contribution in [0.15, 0.2) is 0 Å². The summed E-state index contributed by atoms with van der Waals surface area (Å²) in [4.78, 5) is 0. The maximum Gasteiger partial charge on any atom is 0.0625 e. The molecule has 2 unspecified atom stereocenters. The molecule has 2 atom stereocenters. The molecule has 0 amide bonds. The van der Waals surface area contributed by atoms with Crippen LogP contribution in [0.3, 0.4) is 0 Å². The SMILES string of the molecule is OCC12CCC(CN1)NC2. The van der Waals surface area contributed by atoms with Crippen LogP contribution in [-0.2, 0) is 0 Å². The van der Waals surface area contributed by atoms with Crippen molar-refractivity contribution in [2.45, 2.75) is 24.4 Å². The van der Waals surface area contributed by atoms with E-state index in [-0.39, 0.29) is 12.1 Å². The molecule has 0 aromatic heterocycles. The van der Waals surface area contributed by atoms with Gasteiger partial charge in [0, 0.05) is 19.1 Å². The zero-order valence-electron chi connectivity index (χ0n) is 6.06. The summed E-state index contributed by atoms with van der Waals surface area (Å²) < 4.78 is 0. The lowest BCUT2D eigenvalue weighted by atomic mass is 9.83. The molecule has 0 spiro atoms. The molecule has 3 N–H and O–H groups in total. The summed E-state index contributed by atoms with van der Waals surface area (Å²) in [5.74, 6) is 0. The third-order valence-electron chi connectivity index (χ3n) is 2.73. The van der Waals surface area contributed by atoms with Gasteiger partial charge in [0.15, 0.2) is 0 Å². The second-order valence-corrected chi connectivity index (χ2v) is 3.44. The predicted octanol–water partition coefficient (Wildman–Crippen LogP) is -0.927. The highest BCUT2D eigenvalue weighted by molar-refractivity contribution is 5.01. The van der Waals surface area contributed by atoms with Gasteiger partial charge in [-0.25, -0.2) is 0 Å². The molecule has 58 valence electrons. The van der Waals surface area contributed by atoms with Crippen molar-refractivity contribution in [1.82, 2.24) is 10.6 Å². The quantitative estimate of drug-likeness (QED) is 0.443. The number of piperazine rings is 1. The van der Waals surface area contributed by atoms with Crippen molar-refractivity contribution in [2.24, 2.45) is 0 Å². The Balaban J connectivity index is 2.08. The number of nitrogens with one attached hydrogen (secondary N) is 2. The maximum absolute atomic E-state index is 9.06. The highest BCUT2D eigenvalue weighted by Crippen LogP contribution is 2.23. The summed E-state index contributed by atoms with van der Waals surface area (Å²) in [6.07, 6.45) is 2.34. The van der Waals surface area contributed by atoms with E-state index < -0.39 is 0 Å². The summed E-state index contributed by atoms with van der Waals surface area (Å²) in [6, 6.07) is 0.661. The summed E-state index contributed by atoms with van der Waals surface area (Å²) in [6.45, 7) is 2.24. The lowest BCUT2D eigenvalue weighted by Crippen LogP contribution is -2.69. The van der Waals surface area contributed by atoms with E-state index in [4.69, 9.17) is 5.11 Å². The molecule has 3 heterocycles. The molecule has 3 nitrogen and oxygen atoms in total. The third-order valence-corrected chi connectivity index (χ3v) is 2.73. The molecule has 0 aliphatic carbocycles. The minimum atomic E-state index is 0.0226. The molecule has 0 radical (unpaired) electrons. The fraction of sp³-hybridized carbons (Fsp3) is 1.00. The molecule has 3 aliphatic rings. The zero-order chi connectivity index (χ0) is 7.03. The third kappa shape index (κ3) is 0.856. The molecule has 2 bridgehead atoms. The largest absolute Gasteiger partial charge is 0.394 e. The fourth-order valence-corrected chi connectivity index (χ4v) is 1.84. The van der Waals surface area contributed by atoms with Crippen LogP contribution in [0.5, 0.6) is 0 Å². The fourth-order valence-electron chi connectivity index (χ4n) is 1.84. The van der Waals surface area contributed by atoms with Crippen LogP contribution in [0.4, 0.5) is 0 Å². The van der Waals surface area contributed by atoms with Crippen molar-refractivity contribution in [2.75, 3.05) is 19.7 Å². The summed E-state index contributed by atoms with van der Waals surface area (Å²) in [5.41, 5.74) is 0.0226. The second kappa shape index (κ2) is 2.19. The Labute approximate surface area is 60.8 Å². The summed E-state index contributed by atoms with van der Waals surface area (Å²) >= 11 is 0. The Kier molecular flexibility index (Phi) is 1.44. The first-order valence-electron chi connectivity index (χ1n) is 3.94. The molecule has 3 aliphatic heterocycles. The lowest BCUT2D eigenvalue weighted by molar-refractivity contribution is 0.0803. The van der Waals surface area contributed by atoms with Crippen LogP contribution in [-0.4, -0.2) is 36.4 Å². The van der Waals surface area contributed by atoms with Crippen LogP contribution in [0.25, 0.3) is 0 Å². The van der Waals surface area contributed by atoms with Gasteiger partial charge < -0.3 is 15.7 Å². The van der Waals surface area contributed by atoms with Gasteiger partial charge in [-0.15, -0.1) is 0 Å². The van der Waals surface area contributed by atoms with Crippen LogP contribution in [0.1, 0.15) is 12.8 Å². The summed E-state index contributed by atoms with van der Waals surface area (Å²) in [5, 5.41) is 15.8. The lowest BCUT2D eigenvalue weighted by Gasteiger charge is -2.47. The van der Waals surface area contributed by atoms with Crippen molar-refractivity contribution in [3.05, 3.63) is 0 Å². The first-order chi connectivity index (χ1) is 4.85. The Hall–Kier alpha value is -0.120. The zero-order valence-corrected chi connectivity index (χ0v) is 6.06. The average molecular weight is 142 g/mol. The number of hydrogen-bond donors (Lipinski definition) is 3. The van der Waals surface area contributed by atoms with Gasteiger partial charge in [-0.2, -0.15) is 0 Å². The second-order valence-electron chi connectivity index (χ2n) is 3.44. The average Bonchev–Trinajstić information content (AvgIpc) is 2.08. The van der Waals surface area contributed by atoms with Crippen LogP contribution in [0, 0.1) is 0 Å². The van der Waals surface area contributed by atoms with Gasteiger partial charge in [0.1, 0.15) is 0 Å². The molecule has 3 saturated heterocycles. The van der Waals surface area contributed by atoms with Crippen molar-refractivity contribution in [3.8, 4) is 0 Å². The van der Waals surface area contributed by atoms with Gasteiger partial charge in [0.2, 0.25) is 0 Å². The van der Waals surface area contributed by atoms with E-state index >= 15 is 0 Å². The van der Waals surface area contributed by atoms with E-state index in [2.05, 4.69) is 10.6 Å². The van der Waals surface area contributed by atoms with E-state index in [0.717, 1.165) is 19.5 Å². The predicted molar refractivity (Wildman–Crippen MR) is 38.8 cm³/mol. The van der Waals surface area contributed by atoms with Crippen LogP contribution < -0.4 is 10.6 Å². The van der Waals surface area contributed by atoms with Crippen LogP contribution >= 0.6 is 0 Å². The van der Waals surface area contributed by atoms with E-state index in [1.807, 2.05) is 0 Å². The van der Waals surface area contributed by atoms with Gasteiger partial charge >= 0.3 is 0 Å². The normalized spacial score (nSPS) is 45.9. The minimum Gasteiger partial charge on any atom is -0.394 e. The monoisotopic (exact) mass is 142 g/mol. The standard InChI is InChI=1S/C7H14N2O/c10-5-7-2-1-6(3-9-7)8-4-7/h6,8-10H,1-5H2.